The average Bonchev–Trinajstić information content (AvgIpc) is 3.14. The molecule has 1 fully saturated rings. The minimum atomic E-state index is -1.13. The van der Waals surface area contributed by atoms with Crippen molar-refractivity contribution in [2.24, 2.45) is 0 Å². The number of benzene rings is 3. The van der Waals surface area contributed by atoms with Crippen LogP contribution in [0.25, 0.3) is 6.08 Å². The predicted octanol–water partition coefficient (Wildman–Crippen LogP) is 4.94. The maximum Gasteiger partial charge on any atom is 0.338 e. The van der Waals surface area contributed by atoms with Crippen LogP contribution in [-0.4, -0.2) is 38.2 Å². The summed E-state index contributed by atoms with van der Waals surface area (Å²) in [5, 5.41) is 9.80. The van der Waals surface area contributed by atoms with Crippen LogP contribution in [0.2, 0.25) is 0 Å². The third kappa shape index (κ3) is 6.03. The van der Waals surface area contributed by atoms with E-state index < -0.39 is 23.9 Å². The molecular formula is C27H21NO5S2. The van der Waals surface area contributed by atoms with Gasteiger partial charge in [-0.2, -0.15) is 0 Å². The van der Waals surface area contributed by atoms with Crippen molar-refractivity contribution < 1.29 is 24.2 Å². The average molecular weight is 504 g/mol. The van der Waals surface area contributed by atoms with Crippen molar-refractivity contribution in [3.63, 3.8) is 0 Å². The number of aliphatic carboxylic acids is 1. The molecule has 0 saturated carbocycles. The van der Waals surface area contributed by atoms with Crippen molar-refractivity contribution in [3.8, 4) is 0 Å². The molecule has 0 aliphatic carbocycles. The summed E-state index contributed by atoms with van der Waals surface area (Å²) in [5.74, 6) is -2.08. The summed E-state index contributed by atoms with van der Waals surface area (Å²) in [6.45, 7) is 0.153. The van der Waals surface area contributed by atoms with Gasteiger partial charge in [0, 0.05) is 6.42 Å². The molecule has 0 aromatic heterocycles. The minimum Gasteiger partial charge on any atom is -0.480 e. The molecule has 0 bridgehead atoms. The molecule has 0 radical (unpaired) electrons. The van der Waals surface area contributed by atoms with Crippen LogP contribution >= 0.6 is 24.0 Å². The molecule has 4 rings (SSSR count). The van der Waals surface area contributed by atoms with Gasteiger partial charge in [-0.1, -0.05) is 96.8 Å². The third-order valence-electron chi connectivity index (χ3n) is 5.33. The molecule has 1 aliphatic heterocycles. The van der Waals surface area contributed by atoms with Crippen LogP contribution in [0.1, 0.15) is 27.0 Å². The maximum atomic E-state index is 13.1. The van der Waals surface area contributed by atoms with Gasteiger partial charge in [0.2, 0.25) is 0 Å². The monoisotopic (exact) mass is 503 g/mol. The molecule has 3 aromatic carbocycles. The molecule has 8 heteroatoms. The van der Waals surface area contributed by atoms with Gasteiger partial charge < -0.3 is 9.84 Å². The maximum absolute atomic E-state index is 13.1. The summed E-state index contributed by atoms with van der Waals surface area (Å²) in [4.78, 5) is 39.1. The molecule has 1 amide bonds. The van der Waals surface area contributed by atoms with Gasteiger partial charge in [0.25, 0.3) is 5.91 Å². The first-order chi connectivity index (χ1) is 16.9. The van der Waals surface area contributed by atoms with Crippen LogP contribution in [0.15, 0.2) is 89.8 Å². The van der Waals surface area contributed by atoms with E-state index in [0.29, 0.717) is 16.0 Å². The number of thioether (sulfide) groups is 1. The minimum absolute atomic E-state index is 0.138. The summed E-state index contributed by atoms with van der Waals surface area (Å²) >= 11 is 6.40. The molecule has 0 unspecified atom stereocenters. The lowest BCUT2D eigenvalue weighted by Crippen LogP contribution is -2.45. The normalized spacial score (nSPS) is 15.3. The highest BCUT2D eigenvalue weighted by Crippen LogP contribution is 2.35. The fraction of sp³-hybridized carbons (Fsp3) is 0.111. The number of thiocarbonyl (C=S) groups is 1. The van der Waals surface area contributed by atoms with Crippen LogP contribution in [0.3, 0.4) is 0 Å². The molecule has 1 saturated heterocycles. The van der Waals surface area contributed by atoms with E-state index in [1.54, 1.807) is 30.3 Å². The summed E-state index contributed by atoms with van der Waals surface area (Å²) < 4.78 is 5.57. The molecule has 3 aromatic rings. The molecule has 0 spiro atoms. The second-order valence-electron chi connectivity index (χ2n) is 7.78. The fourth-order valence-electron chi connectivity index (χ4n) is 3.59. The zero-order valence-electron chi connectivity index (χ0n) is 18.5. The number of hydrogen-bond acceptors (Lipinski definition) is 6. The highest BCUT2D eigenvalue weighted by molar-refractivity contribution is 8.26. The molecule has 1 heterocycles. The highest BCUT2D eigenvalue weighted by atomic mass is 32.2. The molecule has 176 valence electrons. The SMILES string of the molecule is O=C(OCc1ccccc1)c1cccc(/C=C2\SC(=S)N([C@H](Cc3ccccc3)C(=O)O)C2=O)c1. The summed E-state index contributed by atoms with van der Waals surface area (Å²) in [6, 6.07) is 24.0. The Morgan fingerprint density at radius 2 is 1.63 bits per heavy atom. The number of amides is 1. The standard InChI is InChI=1S/C27H21NO5S2/c29-24-23(35-27(34)28(24)22(25(30)31)15-18-8-3-1-4-9-18)16-20-12-7-13-21(14-20)26(32)33-17-19-10-5-2-6-11-19/h1-14,16,22H,15,17H2,(H,30,31)/b23-16-/t22-/m1/s1. The number of esters is 1. The van der Waals surface area contributed by atoms with E-state index >= 15 is 0 Å². The van der Waals surface area contributed by atoms with E-state index in [9.17, 15) is 19.5 Å². The lowest BCUT2D eigenvalue weighted by atomic mass is 10.0. The van der Waals surface area contributed by atoms with E-state index in [-0.39, 0.29) is 17.3 Å². The molecule has 1 atom stereocenters. The number of rotatable bonds is 8. The van der Waals surface area contributed by atoms with E-state index in [0.717, 1.165) is 27.8 Å². The van der Waals surface area contributed by atoms with Gasteiger partial charge in [-0.25, -0.2) is 9.59 Å². The van der Waals surface area contributed by atoms with Crippen LogP contribution in [0.5, 0.6) is 0 Å². The van der Waals surface area contributed by atoms with E-state index in [4.69, 9.17) is 17.0 Å². The molecule has 1 aliphatic rings. The first-order valence-electron chi connectivity index (χ1n) is 10.8. The van der Waals surface area contributed by atoms with Crippen LogP contribution in [0.4, 0.5) is 0 Å². The Hall–Kier alpha value is -3.75. The molecular weight excluding hydrogens is 482 g/mol. The van der Waals surface area contributed by atoms with Crippen molar-refractivity contribution in [1.29, 1.82) is 0 Å². The third-order valence-corrected chi connectivity index (χ3v) is 6.66. The van der Waals surface area contributed by atoms with Gasteiger partial charge in [0.15, 0.2) is 0 Å². The number of ether oxygens (including phenoxy) is 1. The Labute approximate surface area is 212 Å². The summed E-state index contributed by atoms with van der Waals surface area (Å²) in [6.07, 6.45) is 1.74. The van der Waals surface area contributed by atoms with Crippen molar-refractivity contribution >= 4 is 52.2 Å². The van der Waals surface area contributed by atoms with Gasteiger partial charge in [-0.15, -0.1) is 0 Å². The Morgan fingerprint density at radius 1 is 0.971 bits per heavy atom. The van der Waals surface area contributed by atoms with Crippen molar-refractivity contribution in [1.82, 2.24) is 4.90 Å². The Morgan fingerprint density at radius 3 is 2.29 bits per heavy atom. The number of carboxylic acid groups (broad SMARTS) is 1. The number of hydrogen-bond donors (Lipinski definition) is 1. The Kier molecular flexibility index (Phi) is 7.74. The Balaban J connectivity index is 1.50. The number of carbonyl (C=O) groups excluding carboxylic acids is 2. The molecule has 35 heavy (non-hydrogen) atoms. The zero-order chi connectivity index (χ0) is 24.8. The first kappa shape index (κ1) is 24.4. The Bertz CT molecular complexity index is 1290. The second kappa shape index (κ2) is 11.1. The van der Waals surface area contributed by atoms with Gasteiger partial charge in [0.1, 0.15) is 17.0 Å². The van der Waals surface area contributed by atoms with Crippen LogP contribution in [0, 0.1) is 0 Å². The van der Waals surface area contributed by atoms with E-state index in [2.05, 4.69) is 0 Å². The summed E-state index contributed by atoms with van der Waals surface area (Å²) in [7, 11) is 0. The van der Waals surface area contributed by atoms with Gasteiger partial charge >= 0.3 is 11.9 Å². The molecule has 1 N–H and O–H groups in total. The van der Waals surface area contributed by atoms with Crippen molar-refractivity contribution in [3.05, 3.63) is 112 Å². The smallest absolute Gasteiger partial charge is 0.338 e. The number of carboxylic acids is 1. The zero-order valence-corrected chi connectivity index (χ0v) is 20.1. The lowest BCUT2D eigenvalue weighted by molar-refractivity contribution is -0.145. The fourth-order valence-corrected chi connectivity index (χ4v) is 4.94. The largest absolute Gasteiger partial charge is 0.480 e. The van der Waals surface area contributed by atoms with Gasteiger partial charge in [0.05, 0.1) is 10.5 Å². The lowest BCUT2D eigenvalue weighted by Gasteiger charge is -2.23. The summed E-state index contributed by atoms with van der Waals surface area (Å²) in [5.41, 5.74) is 2.62. The van der Waals surface area contributed by atoms with E-state index in [1.165, 1.54) is 0 Å². The second-order valence-corrected chi connectivity index (χ2v) is 9.46. The topological polar surface area (TPSA) is 83.9 Å². The first-order valence-corrected chi connectivity index (χ1v) is 12.0. The van der Waals surface area contributed by atoms with E-state index in [1.807, 2.05) is 60.7 Å². The number of nitrogens with zero attached hydrogens (tertiary/aromatic N) is 1. The van der Waals surface area contributed by atoms with Crippen molar-refractivity contribution in [2.75, 3.05) is 0 Å². The van der Waals surface area contributed by atoms with Crippen LogP contribution < -0.4 is 0 Å². The van der Waals surface area contributed by atoms with Crippen LogP contribution in [-0.2, 0) is 27.4 Å². The highest BCUT2D eigenvalue weighted by Gasteiger charge is 2.40. The van der Waals surface area contributed by atoms with Gasteiger partial charge in [-0.05, 0) is 34.9 Å². The van der Waals surface area contributed by atoms with Gasteiger partial charge in [-0.3, -0.25) is 9.69 Å². The quantitative estimate of drug-likeness (QED) is 0.265. The number of carbonyl (C=O) groups is 3. The van der Waals surface area contributed by atoms with Crippen molar-refractivity contribution in [2.45, 2.75) is 19.1 Å². The predicted molar refractivity (Wildman–Crippen MR) is 139 cm³/mol. The molecule has 6 nitrogen and oxygen atoms in total.